The summed E-state index contributed by atoms with van der Waals surface area (Å²) in [5, 5.41) is 13.4. The van der Waals surface area contributed by atoms with Gasteiger partial charge in [-0.25, -0.2) is 0 Å². The average Bonchev–Trinajstić information content (AvgIpc) is 2.79. The maximum absolute atomic E-state index is 11.4. The molecule has 0 aliphatic heterocycles. The third-order valence-corrected chi connectivity index (χ3v) is 2.36. The highest BCUT2D eigenvalue weighted by atomic mass is 16.1. The lowest BCUT2D eigenvalue weighted by molar-refractivity contribution is -0.120. The largest absolute Gasteiger partial charge is 0.353 e. The Labute approximate surface area is 95.4 Å². The highest BCUT2D eigenvalue weighted by molar-refractivity contribution is 5.77. The maximum Gasteiger partial charge on any atom is 0.234 e. The fourth-order valence-corrected chi connectivity index (χ4v) is 1.14. The van der Waals surface area contributed by atoms with E-state index in [0.717, 1.165) is 6.42 Å². The molecule has 1 aromatic heterocycles. The molecule has 6 heteroatoms. The summed E-state index contributed by atoms with van der Waals surface area (Å²) in [5.41, 5.74) is 0. The number of hydrogen-bond donors (Lipinski definition) is 2. The summed E-state index contributed by atoms with van der Waals surface area (Å²) < 4.78 is 1.68. The van der Waals surface area contributed by atoms with E-state index >= 15 is 0 Å². The molecule has 16 heavy (non-hydrogen) atoms. The van der Waals surface area contributed by atoms with Gasteiger partial charge in [-0.05, 0) is 13.3 Å². The molecule has 1 rings (SSSR count). The highest BCUT2D eigenvalue weighted by Gasteiger charge is 2.03. The molecule has 1 unspecified atom stereocenters. The molecule has 90 valence electrons. The normalized spacial score (nSPS) is 12.4. The number of aromatic nitrogens is 3. The van der Waals surface area contributed by atoms with Crippen molar-refractivity contribution in [1.29, 1.82) is 0 Å². The van der Waals surface area contributed by atoms with E-state index in [-0.39, 0.29) is 5.91 Å². The van der Waals surface area contributed by atoms with Gasteiger partial charge in [0.2, 0.25) is 5.91 Å². The van der Waals surface area contributed by atoms with Crippen LogP contribution in [0.25, 0.3) is 0 Å². The standard InChI is InChI=1S/C10H19N5O/c1-3-9(2)12-8-10(16)11-4-6-15-7-5-13-14-15/h5,7,9,12H,3-4,6,8H2,1-2H3,(H,11,16). The molecule has 1 atom stereocenters. The zero-order valence-electron chi connectivity index (χ0n) is 9.81. The van der Waals surface area contributed by atoms with E-state index in [2.05, 4.69) is 34.8 Å². The first-order valence-corrected chi connectivity index (χ1v) is 5.56. The monoisotopic (exact) mass is 225 g/mol. The first-order valence-electron chi connectivity index (χ1n) is 5.56. The van der Waals surface area contributed by atoms with Crippen LogP contribution in [0.5, 0.6) is 0 Å². The van der Waals surface area contributed by atoms with Crippen LogP contribution in [-0.4, -0.2) is 40.0 Å². The van der Waals surface area contributed by atoms with Crippen LogP contribution < -0.4 is 10.6 Å². The molecular weight excluding hydrogens is 206 g/mol. The summed E-state index contributed by atoms with van der Waals surface area (Å²) in [4.78, 5) is 11.4. The number of carbonyl (C=O) groups is 1. The van der Waals surface area contributed by atoms with Crippen LogP contribution in [0.4, 0.5) is 0 Å². The molecule has 1 heterocycles. The smallest absolute Gasteiger partial charge is 0.234 e. The Hall–Kier alpha value is -1.43. The van der Waals surface area contributed by atoms with Crippen molar-refractivity contribution in [3.8, 4) is 0 Å². The quantitative estimate of drug-likeness (QED) is 0.673. The zero-order chi connectivity index (χ0) is 11.8. The summed E-state index contributed by atoms with van der Waals surface area (Å²) in [7, 11) is 0. The molecule has 0 spiro atoms. The fraction of sp³-hybridized carbons (Fsp3) is 0.700. The molecule has 0 bridgehead atoms. The van der Waals surface area contributed by atoms with Gasteiger partial charge in [0.15, 0.2) is 0 Å². The predicted molar refractivity (Wildman–Crippen MR) is 60.8 cm³/mol. The molecule has 0 aliphatic rings. The number of amides is 1. The van der Waals surface area contributed by atoms with E-state index in [1.54, 1.807) is 17.1 Å². The van der Waals surface area contributed by atoms with Gasteiger partial charge >= 0.3 is 0 Å². The first kappa shape index (κ1) is 12.6. The second kappa shape index (κ2) is 6.95. The van der Waals surface area contributed by atoms with E-state index in [1.807, 2.05) is 0 Å². The van der Waals surface area contributed by atoms with Crippen molar-refractivity contribution in [1.82, 2.24) is 25.6 Å². The van der Waals surface area contributed by atoms with Crippen LogP contribution in [0.2, 0.25) is 0 Å². The van der Waals surface area contributed by atoms with Crippen LogP contribution in [-0.2, 0) is 11.3 Å². The molecule has 0 saturated heterocycles. The summed E-state index contributed by atoms with van der Waals surface area (Å²) in [6, 6.07) is 0.376. The molecule has 2 N–H and O–H groups in total. The summed E-state index contributed by atoms with van der Waals surface area (Å²) in [5.74, 6) is 0.0143. The molecule has 1 aromatic rings. The molecule has 0 aliphatic carbocycles. The Bertz CT molecular complexity index is 298. The van der Waals surface area contributed by atoms with Gasteiger partial charge < -0.3 is 10.6 Å². The molecule has 0 saturated carbocycles. The Morgan fingerprint density at radius 3 is 3.00 bits per heavy atom. The van der Waals surface area contributed by atoms with Gasteiger partial charge in [-0.2, -0.15) is 0 Å². The van der Waals surface area contributed by atoms with Crippen molar-refractivity contribution in [2.24, 2.45) is 0 Å². The molecular formula is C10H19N5O. The fourth-order valence-electron chi connectivity index (χ4n) is 1.14. The number of nitrogens with zero attached hydrogens (tertiary/aromatic N) is 3. The van der Waals surface area contributed by atoms with E-state index in [1.165, 1.54) is 0 Å². The Balaban J connectivity index is 2.06. The molecule has 0 aromatic carbocycles. The van der Waals surface area contributed by atoms with Crippen molar-refractivity contribution >= 4 is 5.91 Å². The van der Waals surface area contributed by atoms with Crippen molar-refractivity contribution in [3.63, 3.8) is 0 Å². The van der Waals surface area contributed by atoms with Crippen molar-refractivity contribution in [2.45, 2.75) is 32.9 Å². The van der Waals surface area contributed by atoms with E-state index in [9.17, 15) is 4.79 Å². The number of nitrogens with one attached hydrogen (secondary N) is 2. The van der Waals surface area contributed by atoms with Crippen LogP contribution in [0.15, 0.2) is 12.4 Å². The summed E-state index contributed by atoms with van der Waals surface area (Å²) >= 11 is 0. The van der Waals surface area contributed by atoms with E-state index < -0.39 is 0 Å². The minimum Gasteiger partial charge on any atom is -0.353 e. The minimum atomic E-state index is 0.0143. The van der Waals surface area contributed by atoms with Crippen molar-refractivity contribution < 1.29 is 4.79 Å². The van der Waals surface area contributed by atoms with Gasteiger partial charge in [0, 0.05) is 18.8 Å². The van der Waals surface area contributed by atoms with Gasteiger partial charge in [-0.1, -0.05) is 12.1 Å². The average molecular weight is 225 g/mol. The van der Waals surface area contributed by atoms with Gasteiger partial charge in [0.05, 0.1) is 19.3 Å². The van der Waals surface area contributed by atoms with E-state index in [4.69, 9.17) is 0 Å². The predicted octanol–water partition coefficient (Wildman–Crippen LogP) is -0.218. The summed E-state index contributed by atoms with van der Waals surface area (Å²) in [6.07, 6.45) is 4.40. The summed E-state index contributed by atoms with van der Waals surface area (Å²) in [6.45, 7) is 5.73. The zero-order valence-corrected chi connectivity index (χ0v) is 9.81. The third-order valence-electron chi connectivity index (χ3n) is 2.36. The minimum absolute atomic E-state index is 0.0143. The first-order chi connectivity index (χ1) is 7.72. The second-order valence-electron chi connectivity index (χ2n) is 3.71. The third kappa shape index (κ3) is 4.88. The van der Waals surface area contributed by atoms with Crippen molar-refractivity contribution in [2.75, 3.05) is 13.1 Å². The van der Waals surface area contributed by atoms with Crippen LogP contribution >= 0.6 is 0 Å². The number of carbonyl (C=O) groups excluding carboxylic acids is 1. The Kier molecular flexibility index (Phi) is 5.49. The van der Waals surface area contributed by atoms with Crippen LogP contribution in [0.3, 0.4) is 0 Å². The van der Waals surface area contributed by atoms with Crippen LogP contribution in [0.1, 0.15) is 20.3 Å². The second-order valence-corrected chi connectivity index (χ2v) is 3.71. The van der Waals surface area contributed by atoms with Gasteiger partial charge in [0.1, 0.15) is 0 Å². The lowest BCUT2D eigenvalue weighted by atomic mass is 10.2. The van der Waals surface area contributed by atoms with Gasteiger partial charge in [-0.15, -0.1) is 5.10 Å². The Morgan fingerprint density at radius 2 is 2.38 bits per heavy atom. The molecule has 0 fully saturated rings. The topological polar surface area (TPSA) is 71.8 Å². The SMILES string of the molecule is CCC(C)NCC(=O)NCCn1ccnn1. The molecule has 1 amide bonds. The molecule has 6 nitrogen and oxygen atoms in total. The van der Waals surface area contributed by atoms with E-state index in [0.29, 0.717) is 25.7 Å². The van der Waals surface area contributed by atoms with Gasteiger partial charge in [-0.3, -0.25) is 9.48 Å². The lowest BCUT2D eigenvalue weighted by Gasteiger charge is -2.11. The number of hydrogen-bond acceptors (Lipinski definition) is 4. The van der Waals surface area contributed by atoms with Gasteiger partial charge in [0.25, 0.3) is 0 Å². The maximum atomic E-state index is 11.4. The lowest BCUT2D eigenvalue weighted by Crippen LogP contribution is -2.38. The molecule has 0 radical (unpaired) electrons. The number of rotatable bonds is 7. The highest BCUT2D eigenvalue weighted by Crippen LogP contribution is 1.85. The van der Waals surface area contributed by atoms with Crippen LogP contribution in [0, 0.1) is 0 Å². The van der Waals surface area contributed by atoms with Crippen molar-refractivity contribution in [3.05, 3.63) is 12.4 Å². The Morgan fingerprint density at radius 1 is 1.56 bits per heavy atom.